The van der Waals surface area contributed by atoms with Gasteiger partial charge in [0.15, 0.2) is 6.61 Å². The maximum atomic E-state index is 13.6. The lowest BCUT2D eigenvalue weighted by Gasteiger charge is -2.55. The van der Waals surface area contributed by atoms with Crippen LogP contribution in [-0.2, 0) is 16.1 Å². The zero-order valence-corrected chi connectivity index (χ0v) is 20.3. The Bertz CT molecular complexity index is 1170. The van der Waals surface area contributed by atoms with Crippen molar-refractivity contribution < 1.29 is 41.7 Å². The molecule has 0 saturated heterocycles. The van der Waals surface area contributed by atoms with Crippen LogP contribution in [0.4, 0.5) is 17.6 Å². The van der Waals surface area contributed by atoms with Gasteiger partial charge in [-0.2, -0.15) is 0 Å². The Hall–Kier alpha value is -3.05. The molecule has 3 fully saturated rings. The number of carbonyl (C=O) groups excluding carboxylic acids is 2. The smallest absolute Gasteiger partial charge is 0.484 e. The average Bonchev–Trinajstić information content (AvgIpc) is 2.83. The van der Waals surface area contributed by atoms with Gasteiger partial charge in [0.1, 0.15) is 17.3 Å². The molecule has 0 spiro atoms. The van der Waals surface area contributed by atoms with Crippen LogP contribution in [0.2, 0.25) is 5.02 Å². The topological polar surface area (TPSA) is 96.9 Å². The number of hydrogen-bond donors (Lipinski definition) is 3. The molecule has 12 heteroatoms. The molecule has 3 aliphatic carbocycles. The summed E-state index contributed by atoms with van der Waals surface area (Å²) < 4.78 is 60.2. The standard InChI is InChI=1S/C25H25ClF4N2O5/c26-18-5-4-16(11-19(18)27)36-14-21(34)32-23-6-8-24(9-7-23,20(33)12-23)22(35)31-13-15-2-1-3-17(10-15)37-25(28,29)30/h1-5,10-11,20,33H,6-9,12-14H2,(H,31,35)(H,32,34)/t20-,23?,24?/m0/s1. The van der Waals surface area contributed by atoms with E-state index < -0.39 is 46.8 Å². The number of carbonyl (C=O) groups is 2. The Balaban J connectivity index is 1.31. The van der Waals surface area contributed by atoms with Gasteiger partial charge >= 0.3 is 6.36 Å². The van der Waals surface area contributed by atoms with E-state index in [1.165, 1.54) is 24.3 Å². The molecule has 2 bridgehead atoms. The molecule has 5 rings (SSSR count). The minimum absolute atomic E-state index is 0.0349. The monoisotopic (exact) mass is 544 g/mol. The van der Waals surface area contributed by atoms with Crippen molar-refractivity contribution in [2.75, 3.05) is 6.61 Å². The molecule has 1 atom stereocenters. The van der Waals surface area contributed by atoms with E-state index in [9.17, 15) is 32.3 Å². The van der Waals surface area contributed by atoms with E-state index in [0.717, 1.165) is 12.1 Å². The summed E-state index contributed by atoms with van der Waals surface area (Å²) in [5, 5.41) is 16.5. The first-order valence-electron chi connectivity index (χ1n) is 11.6. The summed E-state index contributed by atoms with van der Waals surface area (Å²) in [5.41, 5.74) is -1.34. The molecule has 200 valence electrons. The predicted molar refractivity (Wildman–Crippen MR) is 124 cm³/mol. The van der Waals surface area contributed by atoms with Crippen LogP contribution in [0.15, 0.2) is 42.5 Å². The number of aliphatic hydroxyl groups is 1. The molecule has 2 amide bonds. The molecule has 2 aromatic carbocycles. The van der Waals surface area contributed by atoms with E-state index in [1.54, 1.807) is 6.07 Å². The number of benzene rings is 2. The maximum Gasteiger partial charge on any atom is 0.573 e. The van der Waals surface area contributed by atoms with Crippen molar-refractivity contribution in [3.05, 3.63) is 58.9 Å². The first-order valence-corrected chi connectivity index (χ1v) is 12.0. The van der Waals surface area contributed by atoms with Crippen molar-refractivity contribution in [3.63, 3.8) is 0 Å². The number of alkyl halides is 3. The Morgan fingerprint density at radius 1 is 1.08 bits per heavy atom. The number of rotatable bonds is 8. The third-order valence-corrected chi connectivity index (χ3v) is 7.33. The van der Waals surface area contributed by atoms with E-state index >= 15 is 0 Å². The lowest BCUT2D eigenvalue weighted by Crippen LogP contribution is -2.65. The molecule has 0 unspecified atom stereocenters. The molecule has 2 aromatic rings. The Labute approximate surface area is 215 Å². The minimum atomic E-state index is -4.82. The van der Waals surface area contributed by atoms with E-state index in [1.807, 2.05) is 0 Å². The number of halogens is 5. The quantitative estimate of drug-likeness (QED) is 0.432. The molecule has 7 nitrogen and oxygen atoms in total. The number of amides is 2. The van der Waals surface area contributed by atoms with Crippen molar-refractivity contribution in [1.82, 2.24) is 10.6 Å². The molecule has 3 saturated carbocycles. The van der Waals surface area contributed by atoms with Crippen LogP contribution in [0.5, 0.6) is 11.5 Å². The van der Waals surface area contributed by atoms with Gasteiger partial charge in [-0.05, 0) is 61.9 Å². The van der Waals surface area contributed by atoms with Gasteiger partial charge in [0.25, 0.3) is 5.91 Å². The van der Waals surface area contributed by atoms with E-state index in [2.05, 4.69) is 15.4 Å². The Morgan fingerprint density at radius 2 is 1.81 bits per heavy atom. The van der Waals surface area contributed by atoms with Crippen LogP contribution in [0.1, 0.15) is 37.7 Å². The fourth-order valence-electron chi connectivity index (χ4n) is 5.09. The van der Waals surface area contributed by atoms with Gasteiger partial charge in [-0.1, -0.05) is 23.7 Å². The van der Waals surface area contributed by atoms with Gasteiger partial charge in [0, 0.05) is 18.2 Å². The van der Waals surface area contributed by atoms with Gasteiger partial charge in [0.05, 0.1) is 16.5 Å². The van der Waals surface area contributed by atoms with E-state index in [-0.39, 0.29) is 30.3 Å². The van der Waals surface area contributed by atoms with Crippen molar-refractivity contribution in [3.8, 4) is 11.5 Å². The molecular weight excluding hydrogens is 520 g/mol. The number of nitrogens with one attached hydrogen (secondary N) is 2. The highest BCUT2D eigenvalue weighted by atomic mass is 35.5. The lowest BCUT2D eigenvalue weighted by molar-refractivity contribution is -0.274. The average molecular weight is 545 g/mol. The van der Waals surface area contributed by atoms with Crippen LogP contribution >= 0.6 is 11.6 Å². The predicted octanol–water partition coefficient (Wildman–Crippen LogP) is 4.25. The Kier molecular flexibility index (Phi) is 7.57. The van der Waals surface area contributed by atoms with E-state index in [0.29, 0.717) is 31.2 Å². The first-order chi connectivity index (χ1) is 17.4. The van der Waals surface area contributed by atoms with Gasteiger partial charge in [-0.3, -0.25) is 9.59 Å². The fourth-order valence-corrected chi connectivity index (χ4v) is 5.21. The van der Waals surface area contributed by atoms with Gasteiger partial charge in [-0.25, -0.2) is 4.39 Å². The summed E-state index contributed by atoms with van der Waals surface area (Å²) in [6.45, 7) is -0.394. The molecule has 0 heterocycles. The molecule has 3 aliphatic rings. The number of fused-ring (bicyclic) bond motifs is 3. The summed E-state index contributed by atoms with van der Waals surface area (Å²) in [6, 6.07) is 9.13. The minimum Gasteiger partial charge on any atom is -0.484 e. The van der Waals surface area contributed by atoms with Crippen LogP contribution in [0.25, 0.3) is 0 Å². The normalized spacial score (nSPS) is 24.9. The second-order valence-electron chi connectivity index (χ2n) is 9.45. The van der Waals surface area contributed by atoms with Crippen molar-refractivity contribution in [2.24, 2.45) is 5.41 Å². The fraction of sp³-hybridized carbons (Fsp3) is 0.440. The highest BCUT2D eigenvalue weighted by molar-refractivity contribution is 6.30. The van der Waals surface area contributed by atoms with E-state index in [4.69, 9.17) is 16.3 Å². The zero-order valence-electron chi connectivity index (χ0n) is 19.5. The summed E-state index contributed by atoms with van der Waals surface area (Å²) in [7, 11) is 0. The Morgan fingerprint density at radius 3 is 2.46 bits per heavy atom. The van der Waals surface area contributed by atoms with Gasteiger partial charge < -0.3 is 25.2 Å². The summed E-state index contributed by atoms with van der Waals surface area (Å²) in [5.74, 6) is -1.75. The summed E-state index contributed by atoms with van der Waals surface area (Å²) >= 11 is 5.63. The summed E-state index contributed by atoms with van der Waals surface area (Å²) in [4.78, 5) is 25.6. The first kappa shape index (κ1) is 27.0. The second kappa shape index (κ2) is 10.4. The van der Waals surface area contributed by atoms with Crippen molar-refractivity contribution in [1.29, 1.82) is 0 Å². The number of aliphatic hydroxyl groups excluding tert-OH is 1. The molecule has 3 N–H and O–H groups in total. The van der Waals surface area contributed by atoms with Crippen LogP contribution in [0, 0.1) is 11.2 Å². The third kappa shape index (κ3) is 6.27. The molecule has 0 radical (unpaired) electrons. The molecule has 37 heavy (non-hydrogen) atoms. The van der Waals surface area contributed by atoms with Crippen molar-refractivity contribution >= 4 is 23.4 Å². The number of hydrogen-bond acceptors (Lipinski definition) is 5. The van der Waals surface area contributed by atoms with Crippen LogP contribution in [0.3, 0.4) is 0 Å². The molecule has 0 aliphatic heterocycles. The maximum absolute atomic E-state index is 13.6. The van der Waals surface area contributed by atoms with Crippen LogP contribution in [-0.4, -0.2) is 41.5 Å². The largest absolute Gasteiger partial charge is 0.573 e. The molecular formula is C25H25ClF4N2O5. The van der Waals surface area contributed by atoms with Crippen LogP contribution < -0.4 is 20.1 Å². The van der Waals surface area contributed by atoms with Gasteiger partial charge in [0.2, 0.25) is 5.91 Å². The molecule has 0 aromatic heterocycles. The number of ether oxygens (including phenoxy) is 2. The third-order valence-electron chi connectivity index (χ3n) is 7.02. The summed E-state index contributed by atoms with van der Waals surface area (Å²) in [6.07, 6.45) is -4.14. The lowest BCUT2D eigenvalue weighted by atomic mass is 9.55. The zero-order chi connectivity index (χ0) is 26.8. The SMILES string of the molecule is O=C(COc1ccc(Cl)c(F)c1)NC12CCC(C(=O)NCc3cccc(OC(F)(F)F)c3)(CC1)[C@@H](O)C2. The van der Waals surface area contributed by atoms with Gasteiger partial charge in [-0.15, -0.1) is 13.2 Å². The highest BCUT2D eigenvalue weighted by Gasteiger charge is 2.58. The second-order valence-corrected chi connectivity index (χ2v) is 9.85. The van der Waals surface area contributed by atoms with Crippen molar-refractivity contribution in [2.45, 2.75) is 56.7 Å². The highest BCUT2D eigenvalue weighted by Crippen LogP contribution is 2.52.